The standard InChI is InChI=1S/C10H18O2/c1-6(2)8-5-9(11)7(3)4-10(8)12/h4,6,8-12H,5H2,1-3H3/t8-,9-,10-/m1/s1. The van der Waals surface area contributed by atoms with Crippen molar-refractivity contribution in [1.82, 2.24) is 0 Å². The summed E-state index contributed by atoms with van der Waals surface area (Å²) in [5.74, 6) is 0.641. The number of aliphatic hydroxyl groups excluding tert-OH is 2. The van der Waals surface area contributed by atoms with Gasteiger partial charge in [0.15, 0.2) is 0 Å². The Morgan fingerprint density at radius 3 is 2.50 bits per heavy atom. The Bertz CT molecular complexity index is 184. The van der Waals surface area contributed by atoms with Gasteiger partial charge >= 0.3 is 0 Å². The van der Waals surface area contributed by atoms with Gasteiger partial charge in [0.05, 0.1) is 12.2 Å². The van der Waals surface area contributed by atoms with E-state index in [4.69, 9.17) is 0 Å². The van der Waals surface area contributed by atoms with Crippen molar-refractivity contribution in [2.75, 3.05) is 0 Å². The van der Waals surface area contributed by atoms with Crippen LogP contribution in [-0.4, -0.2) is 22.4 Å². The molecule has 0 radical (unpaired) electrons. The maximum Gasteiger partial charge on any atom is 0.0756 e. The minimum atomic E-state index is -0.367. The summed E-state index contributed by atoms with van der Waals surface area (Å²) in [5.41, 5.74) is 0.902. The summed E-state index contributed by atoms with van der Waals surface area (Å²) in [4.78, 5) is 0. The molecular formula is C10H18O2. The smallest absolute Gasteiger partial charge is 0.0756 e. The number of hydrogen-bond donors (Lipinski definition) is 2. The first-order valence-corrected chi connectivity index (χ1v) is 4.56. The van der Waals surface area contributed by atoms with Crippen LogP contribution in [0.3, 0.4) is 0 Å². The Balaban J connectivity index is 2.72. The fraction of sp³-hybridized carbons (Fsp3) is 0.800. The third-order valence-corrected chi connectivity index (χ3v) is 2.75. The molecule has 0 aliphatic heterocycles. The molecule has 2 N–H and O–H groups in total. The van der Waals surface area contributed by atoms with Crippen LogP contribution < -0.4 is 0 Å². The van der Waals surface area contributed by atoms with Gasteiger partial charge in [-0.25, -0.2) is 0 Å². The van der Waals surface area contributed by atoms with E-state index in [1.54, 1.807) is 6.08 Å². The summed E-state index contributed by atoms with van der Waals surface area (Å²) in [6.07, 6.45) is 1.76. The number of hydrogen-bond acceptors (Lipinski definition) is 2. The third-order valence-electron chi connectivity index (χ3n) is 2.75. The van der Waals surface area contributed by atoms with Gasteiger partial charge in [-0.15, -0.1) is 0 Å². The zero-order chi connectivity index (χ0) is 9.30. The van der Waals surface area contributed by atoms with E-state index >= 15 is 0 Å². The van der Waals surface area contributed by atoms with Crippen LogP contribution in [0.2, 0.25) is 0 Å². The maximum atomic E-state index is 9.64. The normalized spacial score (nSPS) is 36.8. The lowest BCUT2D eigenvalue weighted by molar-refractivity contribution is 0.0607. The van der Waals surface area contributed by atoms with E-state index in [1.165, 1.54) is 0 Å². The minimum absolute atomic E-state index is 0.212. The van der Waals surface area contributed by atoms with Crippen molar-refractivity contribution < 1.29 is 10.2 Å². The van der Waals surface area contributed by atoms with Crippen LogP contribution in [0.5, 0.6) is 0 Å². The van der Waals surface area contributed by atoms with Gasteiger partial charge in [-0.1, -0.05) is 19.9 Å². The molecule has 0 heterocycles. The van der Waals surface area contributed by atoms with E-state index in [9.17, 15) is 10.2 Å². The van der Waals surface area contributed by atoms with Crippen LogP contribution in [0.1, 0.15) is 27.2 Å². The second-order valence-electron chi connectivity index (χ2n) is 4.06. The molecule has 0 saturated heterocycles. The SMILES string of the molecule is CC1=C[C@@H](O)[C@@H](C(C)C)C[C@H]1O. The molecule has 0 unspecified atom stereocenters. The van der Waals surface area contributed by atoms with E-state index in [1.807, 2.05) is 6.92 Å². The third kappa shape index (κ3) is 1.87. The molecule has 2 nitrogen and oxygen atoms in total. The molecule has 0 aromatic rings. The highest BCUT2D eigenvalue weighted by Gasteiger charge is 2.28. The first-order chi connectivity index (χ1) is 5.52. The fourth-order valence-corrected chi connectivity index (χ4v) is 1.75. The van der Waals surface area contributed by atoms with Crippen molar-refractivity contribution in [1.29, 1.82) is 0 Å². The molecule has 1 aliphatic rings. The lowest BCUT2D eigenvalue weighted by Gasteiger charge is -2.31. The topological polar surface area (TPSA) is 40.5 Å². The average molecular weight is 170 g/mol. The highest BCUT2D eigenvalue weighted by Crippen LogP contribution is 2.29. The van der Waals surface area contributed by atoms with Gasteiger partial charge in [-0.05, 0) is 30.8 Å². The van der Waals surface area contributed by atoms with E-state index in [0.29, 0.717) is 12.3 Å². The van der Waals surface area contributed by atoms with Crippen LogP contribution in [0, 0.1) is 11.8 Å². The van der Waals surface area contributed by atoms with Gasteiger partial charge in [0.2, 0.25) is 0 Å². The quantitative estimate of drug-likeness (QED) is 0.583. The second-order valence-corrected chi connectivity index (χ2v) is 4.06. The summed E-state index contributed by atoms with van der Waals surface area (Å²) >= 11 is 0. The molecule has 0 fully saturated rings. The van der Waals surface area contributed by atoms with Crippen molar-refractivity contribution in [3.63, 3.8) is 0 Å². The molecule has 0 spiro atoms. The molecular weight excluding hydrogens is 152 g/mol. The predicted molar refractivity (Wildman–Crippen MR) is 48.7 cm³/mol. The van der Waals surface area contributed by atoms with Crippen molar-refractivity contribution in [3.8, 4) is 0 Å². The van der Waals surface area contributed by atoms with E-state index < -0.39 is 0 Å². The highest BCUT2D eigenvalue weighted by molar-refractivity contribution is 5.13. The molecule has 12 heavy (non-hydrogen) atoms. The molecule has 0 aromatic carbocycles. The molecule has 1 aliphatic carbocycles. The van der Waals surface area contributed by atoms with Crippen LogP contribution in [0.4, 0.5) is 0 Å². The van der Waals surface area contributed by atoms with E-state index in [2.05, 4.69) is 13.8 Å². The molecule has 0 aromatic heterocycles. The summed E-state index contributed by atoms with van der Waals surface area (Å²) in [6, 6.07) is 0. The monoisotopic (exact) mass is 170 g/mol. The van der Waals surface area contributed by atoms with Gasteiger partial charge < -0.3 is 10.2 Å². The van der Waals surface area contributed by atoms with Crippen molar-refractivity contribution in [2.45, 2.75) is 39.4 Å². The van der Waals surface area contributed by atoms with Gasteiger partial charge in [0.25, 0.3) is 0 Å². The van der Waals surface area contributed by atoms with E-state index in [-0.39, 0.29) is 18.1 Å². The zero-order valence-electron chi connectivity index (χ0n) is 7.99. The van der Waals surface area contributed by atoms with Gasteiger partial charge in [0.1, 0.15) is 0 Å². The van der Waals surface area contributed by atoms with Crippen LogP contribution in [0.15, 0.2) is 11.6 Å². The summed E-state index contributed by atoms with van der Waals surface area (Å²) in [6.45, 7) is 6.02. The molecule has 3 atom stereocenters. The van der Waals surface area contributed by atoms with Crippen molar-refractivity contribution in [3.05, 3.63) is 11.6 Å². The molecule has 2 heteroatoms. The largest absolute Gasteiger partial charge is 0.389 e. The predicted octanol–water partition coefficient (Wildman–Crippen LogP) is 1.33. The van der Waals surface area contributed by atoms with Crippen molar-refractivity contribution >= 4 is 0 Å². The van der Waals surface area contributed by atoms with Gasteiger partial charge in [-0.3, -0.25) is 0 Å². The lowest BCUT2D eigenvalue weighted by Crippen LogP contribution is -2.33. The molecule has 1 rings (SSSR count). The number of rotatable bonds is 1. The Labute approximate surface area is 73.9 Å². The van der Waals surface area contributed by atoms with E-state index in [0.717, 1.165) is 5.57 Å². The Kier molecular flexibility index (Phi) is 2.91. The lowest BCUT2D eigenvalue weighted by atomic mass is 9.79. The highest BCUT2D eigenvalue weighted by atomic mass is 16.3. The maximum absolute atomic E-state index is 9.64. The average Bonchev–Trinajstić information content (AvgIpc) is 1.96. The Morgan fingerprint density at radius 1 is 1.42 bits per heavy atom. The first kappa shape index (κ1) is 9.75. The zero-order valence-corrected chi connectivity index (χ0v) is 7.99. The fourth-order valence-electron chi connectivity index (χ4n) is 1.75. The Hall–Kier alpha value is -0.340. The first-order valence-electron chi connectivity index (χ1n) is 4.56. The molecule has 0 amide bonds. The molecule has 70 valence electrons. The Morgan fingerprint density at radius 2 is 2.00 bits per heavy atom. The number of aliphatic hydroxyl groups is 2. The van der Waals surface area contributed by atoms with Gasteiger partial charge in [0, 0.05) is 0 Å². The summed E-state index contributed by atoms with van der Waals surface area (Å²) in [7, 11) is 0. The summed E-state index contributed by atoms with van der Waals surface area (Å²) < 4.78 is 0. The molecule has 0 bridgehead atoms. The van der Waals surface area contributed by atoms with Crippen LogP contribution >= 0.6 is 0 Å². The second kappa shape index (κ2) is 3.58. The van der Waals surface area contributed by atoms with Crippen molar-refractivity contribution in [2.24, 2.45) is 11.8 Å². The van der Waals surface area contributed by atoms with Gasteiger partial charge in [-0.2, -0.15) is 0 Å². The molecule has 0 saturated carbocycles. The van der Waals surface area contributed by atoms with Crippen LogP contribution in [0.25, 0.3) is 0 Å². The van der Waals surface area contributed by atoms with Crippen LogP contribution in [-0.2, 0) is 0 Å². The minimum Gasteiger partial charge on any atom is -0.389 e. The summed E-state index contributed by atoms with van der Waals surface area (Å²) in [5, 5.41) is 19.2.